The lowest BCUT2D eigenvalue weighted by Gasteiger charge is -2.09. The van der Waals surface area contributed by atoms with Crippen molar-refractivity contribution >= 4 is 27.7 Å². The second-order valence-corrected chi connectivity index (χ2v) is 6.86. The molecule has 1 nitrogen and oxygen atoms in total. The van der Waals surface area contributed by atoms with Crippen LogP contribution in [0.1, 0.15) is 24.5 Å². The number of rotatable bonds is 6. The summed E-state index contributed by atoms with van der Waals surface area (Å²) in [6, 6.07) is 15.2. The minimum absolute atomic E-state index is 0.956. The van der Waals surface area contributed by atoms with Crippen molar-refractivity contribution in [3.05, 3.63) is 58.1 Å². The standard InChI is InChI=1S/C17H20BrNS/c1-3-10-19-12-14-4-9-17(13(2)11-14)20-16-7-5-15(18)6-8-16/h4-9,11,19H,3,10,12H2,1-2H3. The summed E-state index contributed by atoms with van der Waals surface area (Å²) in [5.74, 6) is 0. The molecule has 0 atom stereocenters. The lowest BCUT2D eigenvalue weighted by Crippen LogP contribution is -2.13. The second-order valence-electron chi connectivity index (χ2n) is 4.83. The van der Waals surface area contributed by atoms with E-state index in [1.54, 1.807) is 0 Å². The van der Waals surface area contributed by atoms with Gasteiger partial charge in [0.05, 0.1) is 0 Å². The van der Waals surface area contributed by atoms with Gasteiger partial charge in [-0.25, -0.2) is 0 Å². The molecule has 0 spiro atoms. The first-order chi connectivity index (χ1) is 9.69. The van der Waals surface area contributed by atoms with Crippen molar-refractivity contribution in [3.63, 3.8) is 0 Å². The monoisotopic (exact) mass is 349 g/mol. The van der Waals surface area contributed by atoms with Gasteiger partial charge in [-0.05, 0) is 61.3 Å². The molecule has 0 unspecified atom stereocenters. The third-order valence-electron chi connectivity index (χ3n) is 3.04. The number of hydrogen-bond donors (Lipinski definition) is 1. The second kappa shape index (κ2) is 7.87. The van der Waals surface area contributed by atoms with Crippen LogP contribution < -0.4 is 5.32 Å². The highest BCUT2D eigenvalue weighted by Gasteiger charge is 2.03. The van der Waals surface area contributed by atoms with Crippen molar-refractivity contribution in [2.45, 2.75) is 36.6 Å². The molecule has 0 radical (unpaired) electrons. The molecule has 0 aliphatic carbocycles. The molecule has 0 heterocycles. The molecule has 0 aliphatic rings. The summed E-state index contributed by atoms with van der Waals surface area (Å²) < 4.78 is 1.12. The lowest BCUT2D eigenvalue weighted by molar-refractivity contribution is 0.675. The number of hydrogen-bond acceptors (Lipinski definition) is 2. The van der Waals surface area contributed by atoms with Gasteiger partial charge in [0.25, 0.3) is 0 Å². The Bertz CT molecular complexity index is 551. The molecule has 2 rings (SSSR count). The third kappa shape index (κ3) is 4.65. The average Bonchev–Trinajstić information content (AvgIpc) is 2.44. The molecule has 20 heavy (non-hydrogen) atoms. The van der Waals surface area contributed by atoms with E-state index in [0.717, 1.165) is 17.6 Å². The molecular weight excluding hydrogens is 330 g/mol. The van der Waals surface area contributed by atoms with E-state index < -0.39 is 0 Å². The van der Waals surface area contributed by atoms with Gasteiger partial charge in [0, 0.05) is 20.8 Å². The maximum absolute atomic E-state index is 3.47. The number of benzene rings is 2. The zero-order chi connectivity index (χ0) is 14.4. The first-order valence-electron chi connectivity index (χ1n) is 6.92. The SMILES string of the molecule is CCCNCc1ccc(Sc2ccc(Br)cc2)c(C)c1. The van der Waals surface area contributed by atoms with Crippen molar-refractivity contribution in [1.82, 2.24) is 5.32 Å². The zero-order valence-electron chi connectivity index (χ0n) is 11.9. The van der Waals surface area contributed by atoms with Gasteiger partial charge in [-0.3, -0.25) is 0 Å². The van der Waals surface area contributed by atoms with E-state index in [-0.39, 0.29) is 0 Å². The maximum atomic E-state index is 3.47. The smallest absolute Gasteiger partial charge is 0.0205 e. The molecule has 2 aromatic carbocycles. The number of halogens is 1. The van der Waals surface area contributed by atoms with E-state index in [1.165, 1.54) is 27.3 Å². The summed E-state index contributed by atoms with van der Waals surface area (Å²) in [6.45, 7) is 6.41. The van der Waals surface area contributed by atoms with E-state index in [0.29, 0.717) is 0 Å². The largest absolute Gasteiger partial charge is 0.313 e. The Hall–Kier alpha value is -0.770. The topological polar surface area (TPSA) is 12.0 Å². The fourth-order valence-electron chi connectivity index (χ4n) is 1.98. The molecule has 0 amide bonds. The molecular formula is C17H20BrNS. The van der Waals surface area contributed by atoms with E-state index >= 15 is 0 Å². The van der Waals surface area contributed by atoms with Crippen molar-refractivity contribution in [1.29, 1.82) is 0 Å². The van der Waals surface area contributed by atoms with Crippen LogP contribution >= 0.6 is 27.7 Å². The summed E-state index contributed by atoms with van der Waals surface area (Å²) >= 11 is 5.29. The Kier molecular flexibility index (Phi) is 6.14. The summed E-state index contributed by atoms with van der Waals surface area (Å²) in [4.78, 5) is 2.60. The van der Waals surface area contributed by atoms with Crippen molar-refractivity contribution in [2.75, 3.05) is 6.54 Å². The van der Waals surface area contributed by atoms with Crippen LogP contribution in [-0.4, -0.2) is 6.54 Å². The van der Waals surface area contributed by atoms with Crippen molar-refractivity contribution < 1.29 is 0 Å². The van der Waals surface area contributed by atoms with Gasteiger partial charge in [0.1, 0.15) is 0 Å². The fraction of sp³-hybridized carbons (Fsp3) is 0.294. The number of nitrogens with one attached hydrogen (secondary N) is 1. The van der Waals surface area contributed by atoms with Gasteiger partial charge in [-0.15, -0.1) is 0 Å². The van der Waals surface area contributed by atoms with Crippen molar-refractivity contribution in [3.8, 4) is 0 Å². The van der Waals surface area contributed by atoms with Gasteiger partial charge in [0.2, 0.25) is 0 Å². The quantitative estimate of drug-likeness (QED) is 0.699. The molecule has 2 aromatic rings. The van der Waals surface area contributed by atoms with Gasteiger partial charge in [0.15, 0.2) is 0 Å². The molecule has 0 bridgehead atoms. The third-order valence-corrected chi connectivity index (χ3v) is 4.75. The van der Waals surface area contributed by atoms with Gasteiger partial charge >= 0.3 is 0 Å². The highest BCUT2D eigenvalue weighted by atomic mass is 79.9. The molecule has 0 aromatic heterocycles. The summed E-state index contributed by atoms with van der Waals surface area (Å²) in [5, 5.41) is 3.44. The van der Waals surface area contributed by atoms with Crippen LogP contribution in [0.5, 0.6) is 0 Å². The minimum atomic E-state index is 0.956. The van der Waals surface area contributed by atoms with Crippen LogP contribution in [-0.2, 0) is 6.54 Å². The van der Waals surface area contributed by atoms with Crippen LogP contribution in [0.2, 0.25) is 0 Å². The average molecular weight is 350 g/mol. The molecule has 3 heteroatoms. The van der Waals surface area contributed by atoms with E-state index in [1.807, 2.05) is 11.8 Å². The van der Waals surface area contributed by atoms with Gasteiger partial charge < -0.3 is 5.32 Å². The van der Waals surface area contributed by atoms with Crippen LogP contribution in [0.3, 0.4) is 0 Å². The van der Waals surface area contributed by atoms with Gasteiger partial charge in [-0.1, -0.05) is 46.7 Å². The Morgan fingerprint density at radius 2 is 1.85 bits per heavy atom. The normalized spacial score (nSPS) is 10.8. The molecule has 0 aliphatic heterocycles. The molecule has 0 saturated heterocycles. The van der Waals surface area contributed by atoms with Crippen LogP contribution in [0.25, 0.3) is 0 Å². The summed E-state index contributed by atoms with van der Waals surface area (Å²) in [6.07, 6.45) is 1.18. The Balaban J connectivity index is 2.03. The Morgan fingerprint density at radius 1 is 1.10 bits per heavy atom. The molecule has 0 saturated carbocycles. The predicted octanol–water partition coefficient (Wildman–Crippen LogP) is 5.41. The first kappa shape index (κ1) is 15.6. The molecule has 1 N–H and O–H groups in total. The number of aryl methyl sites for hydroxylation is 1. The van der Waals surface area contributed by atoms with E-state index in [2.05, 4.69) is 77.6 Å². The van der Waals surface area contributed by atoms with Crippen molar-refractivity contribution in [2.24, 2.45) is 0 Å². The predicted molar refractivity (Wildman–Crippen MR) is 91.4 cm³/mol. The lowest BCUT2D eigenvalue weighted by atomic mass is 10.1. The highest BCUT2D eigenvalue weighted by molar-refractivity contribution is 9.10. The van der Waals surface area contributed by atoms with Crippen LogP contribution in [0.15, 0.2) is 56.7 Å². The van der Waals surface area contributed by atoms with E-state index in [9.17, 15) is 0 Å². The minimum Gasteiger partial charge on any atom is -0.313 e. The van der Waals surface area contributed by atoms with Gasteiger partial charge in [-0.2, -0.15) is 0 Å². The first-order valence-corrected chi connectivity index (χ1v) is 8.53. The Morgan fingerprint density at radius 3 is 2.50 bits per heavy atom. The maximum Gasteiger partial charge on any atom is 0.0205 e. The summed E-state index contributed by atoms with van der Waals surface area (Å²) in [5.41, 5.74) is 2.70. The zero-order valence-corrected chi connectivity index (χ0v) is 14.4. The molecule has 0 fully saturated rings. The highest BCUT2D eigenvalue weighted by Crippen LogP contribution is 2.31. The molecule has 106 valence electrons. The van der Waals surface area contributed by atoms with Crippen LogP contribution in [0, 0.1) is 6.92 Å². The summed E-state index contributed by atoms with van der Waals surface area (Å²) in [7, 11) is 0. The van der Waals surface area contributed by atoms with E-state index in [4.69, 9.17) is 0 Å². The fourth-order valence-corrected chi connectivity index (χ4v) is 3.12. The van der Waals surface area contributed by atoms with Crippen LogP contribution in [0.4, 0.5) is 0 Å². The Labute approximate surface area is 134 Å².